The van der Waals surface area contributed by atoms with Gasteiger partial charge < -0.3 is 0 Å². The van der Waals surface area contributed by atoms with Gasteiger partial charge in [0.1, 0.15) is 5.82 Å². The van der Waals surface area contributed by atoms with Crippen molar-refractivity contribution in [2.24, 2.45) is 5.92 Å². The average Bonchev–Trinajstić information content (AvgIpc) is 2.62. The predicted octanol–water partition coefficient (Wildman–Crippen LogP) is 6.38. The zero-order valence-corrected chi connectivity index (χ0v) is 14.5. The molecule has 2 heteroatoms. The first kappa shape index (κ1) is 16.9. The molecule has 0 heterocycles. The second-order valence-corrected chi connectivity index (χ2v) is 7.00. The van der Waals surface area contributed by atoms with E-state index in [-0.39, 0.29) is 11.6 Å². The van der Waals surface area contributed by atoms with Crippen LogP contribution in [0.1, 0.15) is 67.8 Å². The van der Waals surface area contributed by atoms with Crippen LogP contribution in [-0.4, -0.2) is 5.78 Å². The van der Waals surface area contributed by atoms with Crippen molar-refractivity contribution in [3.8, 4) is 11.1 Å². The molecule has 1 saturated carbocycles. The van der Waals surface area contributed by atoms with Crippen molar-refractivity contribution >= 4 is 5.78 Å². The van der Waals surface area contributed by atoms with E-state index in [0.717, 1.165) is 17.0 Å². The maximum absolute atomic E-state index is 14.6. The lowest BCUT2D eigenvalue weighted by molar-refractivity contribution is 0.101. The number of ketones is 1. The van der Waals surface area contributed by atoms with Gasteiger partial charge in [0.25, 0.3) is 0 Å². The number of hydrogen-bond acceptors (Lipinski definition) is 1. The first-order chi connectivity index (χ1) is 11.6. The molecular formula is C22H25FO. The molecule has 1 aliphatic rings. The number of rotatable bonds is 4. The quantitative estimate of drug-likeness (QED) is 0.596. The van der Waals surface area contributed by atoms with Crippen LogP contribution < -0.4 is 0 Å². The highest BCUT2D eigenvalue weighted by molar-refractivity contribution is 5.94. The minimum atomic E-state index is -0.166. The van der Waals surface area contributed by atoms with Gasteiger partial charge in [-0.1, -0.05) is 49.7 Å². The van der Waals surface area contributed by atoms with Crippen LogP contribution in [0.2, 0.25) is 0 Å². The van der Waals surface area contributed by atoms with E-state index in [1.807, 2.05) is 18.2 Å². The smallest absolute Gasteiger partial charge is 0.159 e. The fraction of sp³-hybridized carbons (Fsp3) is 0.409. The lowest BCUT2D eigenvalue weighted by Crippen LogP contribution is -2.12. The Labute approximate surface area is 143 Å². The summed E-state index contributed by atoms with van der Waals surface area (Å²) < 4.78 is 14.6. The summed E-state index contributed by atoms with van der Waals surface area (Å²) >= 11 is 0. The first-order valence-electron chi connectivity index (χ1n) is 8.99. The summed E-state index contributed by atoms with van der Waals surface area (Å²) in [6, 6.07) is 12.8. The molecule has 0 aromatic heterocycles. The Hall–Kier alpha value is -1.96. The van der Waals surface area contributed by atoms with Gasteiger partial charge in [-0.05, 0) is 61.6 Å². The molecule has 0 amide bonds. The third-order valence-corrected chi connectivity index (χ3v) is 5.49. The van der Waals surface area contributed by atoms with Crippen LogP contribution in [0, 0.1) is 11.7 Å². The van der Waals surface area contributed by atoms with E-state index in [1.165, 1.54) is 39.0 Å². The van der Waals surface area contributed by atoms with Crippen molar-refractivity contribution in [3.05, 3.63) is 59.4 Å². The highest BCUT2D eigenvalue weighted by Gasteiger charge is 2.22. The molecule has 1 aliphatic carbocycles. The molecule has 0 bridgehead atoms. The normalized spacial score (nSPS) is 20.8. The van der Waals surface area contributed by atoms with Gasteiger partial charge in [0.05, 0.1) is 0 Å². The number of halogens is 1. The van der Waals surface area contributed by atoms with Crippen LogP contribution in [0.3, 0.4) is 0 Å². The Balaban J connectivity index is 1.78. The standard InChI is InChI=1S/C22H25FO/c1-3-16-4-6-18(7-5-16)20-12-13-21(22(23)14-20)19-10-8-17(9-11-19)15(2)24/h8-14,16,18H,3-7H2,1-2H3. The molecule has 0 radical (unpaired) electrons. The van der Waals surface area contributed by atoms with E-state index in [0.29, 0.717) is 17.0 Å². The van der Waals surface area contributed by atoms with Crippen LogP contribution in [0.25, 0.3) is 11.1 Å². The third-order valence-electron chi connectivity index (χ3n) is 5.49. The fourth-order valence-corrected chi connectivity index (χ4v) is 3.81. The maximum Gasteiger partial charge on any atom is 0.159 e. The Morgan fingerprint density at radius 2 is 1.71 bits per heavy atom. The molecule has 0 saturated heterocycles. The summed E-state index contributed by atoms with van der Waals surface area (Å²) in [6.07, 6.45) is 6.12. The second kappa shape index (κ2) is 7.29. The van der Waals surface area contributed by atoms with Gasteiger partial charge in [0.15, 0.2) is 5.78 Å². The molecule has 0 atom stereocenters. The lowest BCUT2D eigenvalue weighted by Gasteiger charge is -2.28. The zero-order chi connectivity index (χ0) is 17.1. The van der Waals surface area contributed by atoms with Gasteiger partial charge in [-0.2, -0.15) is 0 Å². The van der Waals surface area contributed by atoms with E-state index in [4.69, 9.17) is 0 Å². The average molecular weight is 324 g/mol. The third kappa shape index (κ3) is 3.58. The molecule has 3 rings (SSSR count). The van der Waals surface area contributed by atoms with Crippen LogP contribution in [0.4, 0.5) is 4.39 Å². The van der Waals surface area contributed by atoms with Gasteiger partial charge >= 0.3 is 0 Å². The number of Topliss-reactive ketones (excluding diaryl/α,β-unsaturated/α-hetero) is 1. The minimum absolute atomic E-state index is 0.0278. The Bertz CT molecular complexity index is 709. The Kier molecular flexibility index (Phi) is 5.13. The van der Waals surface area contributed by atoms with Crippen LogP contribution >= 0.6 is 0 Å². The Morgan fingerprint density at radius 3 is 2.25 bits per heavy atom. The molecule has 1 fully saturated rings. The molecule has 1 nitrogen and oxygen atoms in total. The van der Waals surface area contributed by atoms with Gasteiger partial charge in [-0.25, -0.2) is 4.39 Å². The van der Waals surface area contributed by atoms with Crippen molar-refractivity contribution in [2.45, 2.75) is 51.9 Å². The molecule has 2 aromatic carbocycles. The van der Waals surface area contributed by atoms with Crippen molar-refractivity contribution in [1.29, 1.82) is 0 Å². The monoisotopic (exact) mass is 324 g/mol. The Morgan fingerprint density at radius 1 is 1.04 bits per heavy atom. The van der Waals surface area contributed by atoms with E-state index in [2.05, 4.69) is 13.0 Å². The van der Waals surface area contributed by atoms with E-state index in [9.17, 15) is 9.18 Å². The van der Waals surface area contributed by atoms with Crippen molar-refractivity contribution < 1.29 is 9.18 Å². The van der Waals surface area contributed by atoms with Gasteiger partial charge in [-0.15, -0.1) is 0 Å². The molecule has 126 valence electrons. The number of carbonyl (C=O) groups excluding carboxylic acids is 1. The summed E-state index contributed by atoms with van der Waals surface area (Å²) in [6.45, 7) is 3.80. The number of hydrogen-bond donors (Lipinski definition) is 0. The van der Waals surface area contributed by atoms with Crippen molar-refractivity contribution in [1.82, 2.24) is 0 Å². The number of benzene rings is 2. The molecule has 2 aromatic rings. The summed E-state index contributed by atoms with van der Waals surface area (Å²) in [5.74, 6) is 1.21. The second-order valence-electron chi connectivity index (χ2n) is 7.00. The van der Waals surface area contributed by atoms with Crippen molar-refractivity contribution in [2.75, 3.05) is 0 Å². The van der Waals surface area contributed by atoms with Crippen LogP contribution in [-0.2, 0) is 0 Å². The van der Waals surface area contributed by atoms with E-state index in [1.54, 1.807) is 18.2 Å². The summed E-state index contributed by atoms with van der Waals surface area (Å²) in [7, 11) is 0. The van der Waals surface area contributed by atoms with E-state index >= 15 is 0 Å². The summed E-state index contributed by atoms with van der Waals surface area (Å²) in [5.41, 5.74) is 3.21. The molecule has 0 N–H and O–H groups in total. The molecule has 0 unspecified atom stereocenters. The highest BCUT2D eigenvalue weighted by atomic mass is 19.1. The number of carbonyl (C=O) groups is 1. The van der Waals surface area contributed by atoms with Crippen LogP contribution in [0.15, 0.2) is 42.5 Å². The maximum atomic E-state index is 14.6. The van der Waals surface area contributed by atoms with Gasteiger partial charge in [0, 0.05) is 11.1 Å². The molecule has 24 heavy (non-hydrogen) atoms. The SMILES string of the molecule is CCC1CCC(c2ccc(-c3ccc(C(C)=O)cc3)c(F)c2)CC1. The summed E-state index contributed by atoms with van der Waals surface area (Å²) in [5, 5.41) is 0. The molecule has 0 aliphatic heterocycles. The van der Waals surface area contributed by atoms with Gasteiger partial charge in [-0.3, -0.25) is 4.79 Å². The van der Waals surface area contributed by atoms with Crippen molar-refractivity contribution in [3.63, 3.8) is 0 Å². The minimum Gasteiger partial charge on any atom is -0.295 e. The highest BCUT2D eigenvalue weighted by Crippen LogP contribution is 2.38. The molecule has 0 spiro atoms. The zero-order valence-electron chi connectivity index (χ0n) is 14.5. The van der Waals surface area contributed by atoms with E-state index < -0.39 is 0 Å². The van der Waals surface area contributed by atoms with Crippen LogP contribution in [0.5, 0.6) is 0 Å². The van der Waals surface area contributed by atoms with Gasteiger partial charge in [0.2, 0.25) is 0 Å². The fourth-order valence-electron chi connectivity index (χ4n) is 3.81. The summed E-state index contributed by atoms with van der Waals surface area (Å²) in [4.78, 5) is 11.4. The molecular weight excluding hydrogens is 299 g/mol. The first-order valence-corrected chi connectivity index (χ1v) is 8.99. The largest absolute Gasteiger partial charge is 0.295 e. The lowest BCUT2D eigenvalue weighted by atomic mass is 9.77. The predicted molar refractivity (Wildman–Crippen MR) is 96.8 cm³/mol. The topological polar surface area (TPSA) is 17.1 Å².